The molecule has 0 atom stereocenters. The van der Waals surface area contributed by atoms with Crippen LogP contribution in [-0.4, -0.2) is 70.2 Å². The molecule has 140 valence electrons. The third kappa shape index (κ3) is 3.29. The van der Waals surface area contributed by atoms with Crippen molar-refractivity contribution >= 4 is 32.4 Å². The van der Waals surface area contributed by atoms with Gasteiger partial charge in [-0.05, 0) is 24.6 Å². The maximum atomic E-state index is 12.9. The van der Waals surface area contributed by atoms with Crippen LogP contribution in [0.3, 0.4) is 0 Å². The number of methoxy groups -OCH3 is 1. The Kier molecular flexibility index (Phi) is 4.97. The number of ether oxygens (including phenoxy) is 2. The molecule has 1 aromatic carbocycles. The second-order valence-corrected chi connectivity index (χ2v) is 7.75. The highest BCUT2D eigenvalue weighted by Gasteiger charge is 2.40. The van der Waals surface area contributed by atoms with Gasteiger partial charge < -0.3 is 14.4 Å². The lowest BCUT2D eigenvalue weighted by molar-refractivity contribution is -0.139. The number of esters is 1. The van der Waals surface area contributed by atoms with E-state index in [4.69, 9.17) is 4.74 Å². The first kappa shape index (κ1) is 18.3. The van der Waals surface area contributed by atoms with Gasteiger partial charge in [0.05, 0.1) is 30.9 Å². The molecule has 26 heavy (non-hydrogen) atoms. The van der Waals surface area contributed by atoms with Crippen molar-refractivity contribution in [1.82, 2.24) is 4.90 Å². The smallest absolute Gasteiger partial charge is 0.327 e. The monoisotopic (exact) mass is 381 g/mol. The molecule has 0 N–H and O–H groups in total. The molecule has 9 nitrogen and oxygen atoms in total. The highest BCUT2D eigenvalue weighted by atomic mass is 32.2. The first-order valence-electron chi connectivity index (χ1n) is 8.00. The van der Waals surface area contributed by atoms with Crippen molar-refractivity contribution in [1.29, 1.82) is 0 Å². The number of morpholine rings is 1. The molecule has 2 aliphatic rings. The number of benzene rings is 1. The summed E-state index contributed by atoms with van der Waals surface area (Å²) < 4.78 is 35.7. The van der Waals surface area contributed by atoms with Gasteiger partial charge in [-0.1, -0.05) is 6.07 Å². The maximum absolute atomic E-state index is 12.9. The van der Waals surface area contributed by atoms with E-state index >= 15 is 0 Å². The molecule has 1 amide bonds. The average molecular weight is 381 g/mol. The lowest BCUT2D eigenvalue weighted by Gasteiger charge is -2.30. The van der Waals surface area contributed by atoms with Crippen LogP contribution < -0.4 is 5.01 Å². The first-order chi connectivity index (χ1) is 12.3. The number of aryl methyl sites for hydroxylation is 1. The van der Waals surface area contributed by atoms with E-state index in [0.29, 0.717) is 13.2 Å². The van der Waals surface area contributed by atoms with Gasteiger partial charge in [0.2, 0.25) is 14.9 Å². The maximum Gasteiger partial charge on any atom is 0.327 e. The van der Waals surface area contributed by atoms with Crippen LogP contribution in [0.25, 0.3) is 0 Å². The minimum Gasteiger partial charge on any atom is -0.468 e. The van der Waals surface area contributed by atoms with E-state index in [-0.39, 0.29) is 30.2 Å². The van der Waals surface area contributed by atoms with Crippen molar-refractivity contribution in [3.05, 3.63) is 23.8 Å². The SMILES string of the molecule is COC(=O)CN1N=C(C(=O)N2CCOCC2)S(=O)(=O)c2ccc(C)cc21. The van der Waals surface area contributed by atoms with Gasteiger partial charge in [0.1, 0.15) is 6.54 Å². The molecular weight excluding hydrogens is 362 g/mol. The van der Waals surface area contributed by atoms with Crippen LogP contribution in [0.5, 0.6) is 0 Å². The molecule has 0 radical (unpaired) electrons. The topological polar surface area (TPSA) is 106 Å². The van der Waals surface area contributed by atoms with Crippen molar-refractivity contribution in [2.75, 3.05) is 45.0 Å². The van der Waals surface area contributed by atoms with E-state index in [9.17, 15) is 18.0 Å². The molecule has 3 rings (SSSR count). The van der Waals surface area contributed by atoms with E-state index in [1.807, 2.05) is 0 Å². The van der Waals surface area contributed by atoms with Crippen LogP contribution in [0.2, 0.25) is 0 Å². The first-order valence-corrected chi connectivity index (χ1v) is 9.48. The minimum atomic E-state index is -4.10. The standard InChI is InChI=1S/C16H19N3O6S/c1-11-3-4-13-12(9-11)19(10-14(20)24-2)17-15(26(13,22)23)16(21)18-5-7-25-8-6-18/h3-4,9H,5-8,10H2,1-2H3. The highest BCUT2D eigenvalue weighted by Crippen LogP contribution is 2.33. The zero-order chi connectivity index (χ0) is 18.9. The summed E-state index contributed by atoms with van der Waals surface area (Å²) in [6.45, 7) is 2.72. The number of hydrogen-bond donors (Lipinski definition) is 0. The molecule has 1 saturated heterocycles. The Morgan fingerprint density at radius 3 is 2.62 bits per heavy atom. The Labute approximate surface area is 151 Å². The third-order valence-electron chi connectivity index (χ3n) is 4.14. The highest BCUT2D eigenvalue weighted by molar-refractivity contribution is 8.08. The normalized spacial score (nSPS) is 18.8. The number of rotatable bonds is 3. The summed E-state index contributed by atoms with van der Waals surface area (Å²) in [5.74, 6) is -1.30. The van der Waals surface area contributed by atoms with E-state index in [1.54, 1.807) is 19.1 Å². The number of carbonyl (C=O) groups excluding carboxylic acids is 2. The summed E-state index contributed by atoms with van der Waals surface area (Å²) in [5.41, 5.74) is 1.04. The summed E-state index contributed by atoms with van der Waals surface area (Å²) in [5, 5.41) is 4.61. The van der Waals surface area contributed by atoms with Crippen molar-refractivity contribution < 1.29 is 27.5 Å². The molecular formula is C16H19N3O6S. The van der Waals surface area contributed by atoms with Crippen LogP contribution in [-0.2, 0) is 28.9 Å². The zero-order valence-electron chi connectivity index (χ0n) is 14.5. The Morgan fingerprint density at radius 2 is 1.96 bits per heavy atom. The van der Waals surface area contributed by atoms with Crippen LogP contribution in [0.4, 0.5) is 5.69 Å². The Hall–Kier alpha value is -2.46. The number of amides is 1. The fraction of sp³-hybridized carbons (Fsp3) is 0.438. The van der Waals surface area contributed by atoms with E-state index in [2.05, 4.69) is 9.84 Å². The van der Waals surface area contributed by atoms with Gasteiger partial charge in [0.25, 0.3) is 5.91 Å². The van der Waals surface area contributed by atoms with Gasteiger partial charge in [-0.25, -0.2) is 8.42 Å². The minimum absolute atomic E-state index is 0.0568. The van der Waals surface area contributed by atoms with Gasteiger partial charge in [-0.15, -0.1) is 0 Å². The molecule has 0 unspecified atom stereocenters. The van der Waals surface area contributed by atoms with Crippen LogP contribution in [0.1, 0.15) is 5.56 Å². The summed E-state index contributed by atoms with van der Waals surface area (Å²) in [6, 6.07) is 4.66. The molecule has 0 aromatic heterocycles. The molecule has 0 spiro atoms. The molecule has 1 aromatic rings. The van der Waals surface area contributed by atoms with Crippen LogP contribution >= 0.6 is 0 Å². The van der Waals surface area contributed by atoms with Crippen molar-refractivity contribution in [2.45, 2.75) is 11.8 Å². The number of hydrazone groups is 1. The molecule has 2 aliphatic heterocycles. The van der Waals surface area contributed by atoms with Gasteiger partial charge in [-0.2, -0.15) is 5.10 Å². The Morgan fingerprint density at radius 1 is 1.27 bits per heavy atom. The van der Waals surface area contributed by atoms with Gasteiger partial charge in [0.15, 0.2) is 0 Å². The zero-order valence-corrected chi connectivity index (χ0v) is 15.3. The fourth-order valence-electron chi connectivity index (χ4n) is 2.74. The number of anilines is 1. The number of sulfone groups is 1. The number of carbonyl (C=O) groups is 2. The molecule has 2 heterocycles. The van der Waals surface area contributed by atoms with E-state index in [0.717, 1.165) is 5.56 Å². The van der Waals surface area contributed by atoms with Gasteiger partial charge in [0, 0.05) is 13.1 Å². The molecule has 0 aliphatic carbocycles. The number of fused-ring (bicyclic) bond motifs is 1. The van der Waals surface area contributed by atoms with Crippen molar-refractivity contribution in [2.24, 2.45) is 5.10 Å². The number of hydrogen-bond acceptors (Lipinski definition) is 8. The van der Waals surface area contributed by atoms with Crippen molar-refractivity contribution in [3.63, 3.8) is 0 Å². The second-order valence-electron chi connectivity index (χ2n) is 5.92. The molecule has 10 heteroatoms. The van der Waals surface area contributed by atoms with Crippen LogP contribution in [0, 0.1) is 6.92 Å². The largest absolute Gasteiger partial charge is 0.468 e. The third-order valence-corrected chi connectivity index (χ3v) is 5.83. The second kappa shape index (κ2) is 7.04. The predicted octanol–water partition coefficient (Wildman–Crippen LogP) is -0.0660. The number of nitrogens with zero attached hydrogens (tertiary/aromatic N) is 3. The molecule has 1 fully saturated rings. The van der Waals surface area contributed by atoms with E-state index in [1.165, 1.54) is 23.1 Å². The predicted molar refractivity (Wildman–Crippen MR) is 92.6 cm³/mol. The summed E-state index contributed by atoms with van der Waals surface area (Å²) in [4.78, 5) is 25.8. The van der Waals surface area contributed by atoms with Gasteiger partial charge in [-0.3, -0.25) is 14.6 Å². The lowest BCUT2D eigenvalue weighted by atomic mass is 10.2. The van der Waals surface area contributed by atoms with Crippen LogP contribution in [0.15, 0.2) is 28.2 Å². The molecule has 0 saturated carbocycles. The quantitative estimate of drug-likeness (QED) is 0.675. The summed E-state index contributed by atoms with van der Waals surface area (Å²) >= 11 is 0. The summed E-state index contributed by atoms with van der Waals surface area (Å²) in [6.07, 6.45) is 0. The van der Waals surface area contributed by atoms with Gasteiger partial charge >= 0.3 is 5.97 Å². The van der Waals surface area contributed by atoms with E-state index < -0.39 is 26.8 Å². The average Bonchev–Trinajstić information content (AvgIpc) is 2.63. The van der Waals surface area contributed by atoms with Crippen molar-refractivity contribution in [3.8, 4) is 0 Å². The lowest BCUT2D eigenvalue weighted by Crippen LogP contribution is -2.48. The Balaban J connectivity index is 2.07. The Bertz CT molecular complexity index is 874. The molecule has 0 bridgehead atoms. The fourth-order valence-corrected chi connectivity index (χ4v) is 4.20. The summed E-state index contributed by atoms with van der Waals surface area (Å²) in [7, 11) is -2.87.